The van der Waals surface area contributed by atoms with Crippen LogP contribution in [0.1, 0.15) is 41.0 Å². The first-order valence-corrected chi connectivity index (χ1v) is 6.17. The van der Waals surface area contributed by atoms with E-state index in [-0.39, 0.29) is 11.6 Å². The van der Waals surface area contributed by atoms with Crippen LogP contribution in [0.3, 0.4) is 0 Å². The first kappa shape index (κ1) is 16.7. The Bertz CT molecular complexity index is 214. The minimum atomic E-state index is -4.12. The smallest absolute Gasteiger partial charge is 0.310 e. The quantitative estimate of drug-likeness (QED) is 0.751. The third-order valence-electron chi connectivity index (χ3n) is 3.17. The zero-order valence-corrected chi connectivity index (χ0v) is 11.5. The van der Waals surface area contributed by atoms with Crippen molar-refractivity contribution in [2.24, 2.45) is 0 Å². The molecule has 1 unspecified atom stereocenters. The number of hydrogen-bond donors (Lipinski definition) is 1. The number of nitrogens with one attached hydrogen (secondary N) is 1. The zero-order chi connectivity index (χ0) is 13.7. The van der Waals surface area contributed by atoms with E-state index in [0.29, 0.717) is 13.1 Å². The highest BCUT2D eigenvalue weighted by molar-refractivity contribution is 4.79. The molecule has 0 saturated carbocycles. The Morgan fingerprint density at radius 1 is 1.18 bits per heavy atom. The van der Waals surface area contributed by atoms with Crippen LogP contribution in [0.5, 0.6) is 0 Å². The van der Waals surface area contributed by atoms with Crippen LogP contribution in [0, 0.1) is 0 Å². The van der Waals surface area contributed by atoms with Crippen LogP contribution in [-0.2, 0) is 0 Å². The van der Waals surface area contributed by atoms with Crippen LogP contribution in [-0.4, -0.2) is 42.3 Å². The molecule has 0 spiro atoms. The van der Waals surface area contributed by atoms with Gasteiger partial charge in [-0.1, -0.05) is 13.8 Å². The molecule has 1 atom stereocenters. The summed E-state index contributed by atoms with van der Waals surface area (Å²) < 4.78 is 37.0. The van der Waals surface area contributed by atoms with E-state index >= 15 is 0 Å². The standard InChI is InChI=1S/C12H25F3N2/c1-6-11(4,5)16-8-10(3)17(7-2)9-12(13,14)15/h10,16H,6-9H2,1-5H3. The first-order valence-electron chi connectivity index (χ1n) is 6.17. The predicted molar refractivity (Wildman–Crippen MR) is 65.1 cm³/mol. The lowest BCUT2D eigenvalue weighted by Crippen LogP contribution is -2.49. The van der Waals surface area contributed by atoms with Gasteiger partial charge in [-0.3, -0.25) is 4.90 Å². The van der Waals surface area contributed by atoms with Gasteiger partial charge in [0.1, 0.15) is 0 Å². The van der Waals surface area contributed by atoms with Crippen molar-refractivity contribution in [2.75, 3.05) is 19.6 Å². The Kier molecular flexibility index (Phi) is 6.48. The molecule has 0 aliphatic rings. The van der Waals surface area contributed by atoms with E-state index in [9.17, 15) is 13.2 Å². The molecule has 2 nitrogen and oxygen atoms in total. The molecule has 0 aromatic rings. The second-order valence-electron chi connectivity index (χ2n) is 5.15. The molecule has 0 bridgehead atoms. The summed E-state index contributed by atoms with van der Waals surface area (Å²) >= 11 is 0. The number of nitrogens with zero attached hydrogens (tertiary/aromatic N) is 1. The van der Waals surface area contributed by atoms with Crippen molar-refractivity contribution in [3.05, 3.63) is 0 Å². The lowest BCUT2D eigenvalue weighted by Gasteiger charge is -2.32. The summed E-state index contributed by atoms with van der Waals surface area (Å²) in [5.74, 6) is 0. The van der Waals surface area contributed by atoms with Gasteiger partial charge in [0.15, 0.2) is 0 Å². The number of likely N-dealkylation sites (N-methyl/N-ethyl adjacent to an activating group) is 1. The molecule has 0 amide bonds. The Labute approximate surface area is 103 Å². The molecule has 0 radical (unpaired) electrons. The average Bonchev–Trinajstić information content (AvgIpc) is 2.21. The van der Waals surface area contributed by atoms with Crippen molar-refractivity contribution in [1.29, 1.82) is 0 Å². The maximum Gasteiger partial charge on any atom is 0.401 e. The summed E-state index contributed by atoms with van der Waals surface area (Å²) in [6, 6.07) is -0.118. The van der Waals surface area contributed by atoms with Gasteiger partial charge in [0, 0.05) is 18.1 Å². The Balaban J connectivity index is 4.22. The largest absolute Gasteiger partial charge is 0.401 e. The molecule has 17 heavy (non-hydrogen) atoms. The van der Waals surface area contributed by atoms with Crippen LogP contribution in [0.15, 0.2) is 0 Å². The van der Waals surface area contributed by atoms with Crippen molar-refractivity contribution < 1.29 is 13.2 Å². The Hall–Kier alpha value is -0.290. The third kappa shape index (κ3) is 7.60. The van der Waals surface area contributed by atoms with E-state index in [4.69, 9.17) is 0 Å². The summed E-state index contributed by atoms with van der Waals surface area (Å²) in [5, 5.41) is 3.30. The molecule has 5 heteroatoms. The summed E-state index contributed by atoms with van der Waals surface area (Å²) in [6.45, 7) is 9.91. The van der Waals surface area contributed by atoms with Crippen molar-refractivity contribution >= 4 is 0 Å². The topological polar surface area (TPSA) is 15.3 Å². The lowest BCUT2D eigenvalue weighted by molar-refractivity contribution is -0.149. The van der Waals surface area contributed by atoms with E-state index in [0.717, 1.165) is 6.42 Å². The van der Waals surface area contributed by atoms with Crippen molar-refractivity contribution in [3.8, 4) is 0 Å². The lowest BCUT2D eigenvalue weighted by atomic mass is 10.0. The molecule has 0 aromatic carbocycles. The number of alkyl halides is 3. The monoisotopic (exact) mass is 254 g/mol. The van der Waals surface area contributed by atoms with Gasteiger partial charge in [0.05, 0.1) is 6.54 Å². The van der Waals surface area contributed by atoms with Gasteiger partial charge in [-0.05, 0) is 33.7 Å². The molecular weight excluding hydrogens is 229 g/mol. The van der Waals surface area contributed by atoms with E-state index in [1.54, 1.807) is 6.92 Å². The number of halogens is 3. The van der Waals surface area contributed by atoms with Crippen LogP contribution < -0.4 is 5.32 Å². The van der Waals surface area contributed by atoms with Crippen LogP contribution in [0.2, 0.25) is 0 Å². The molecule has 104 valence electrons. The van der Waals surface area contributed by atoms with Crippen LogP contribution in [0.25, 0.3) is 0 Å². The van der Waals surface area contributed by atoms with Crippen LogP contribution >= 0.6 is 0 Å². The SMILES string of the molecule is CCN(CC(F)(F)F)C(C)CNC(C)(C)CC. The molecule has 0 rings (SSSR count). The molecule has 1 N–H and O–H groups in total. The summed E-state index contributed by atoms with van der Waals surface area (Å²) in [7, 11) is 0. The van der Waals surface area contributed by atoms with Crippen molar-refractivity contribution in [3.63, 3.8) is 0 Å². The van der Waals surface area contributed by atoms with Gasteiger partial charge in [-0.2, -0.15) is 13.2 Å². The normalized spacial score (nSPS) is 15.4. The summed E-state index contributed by atoms with van der Waals surface area (Å²) in [4.78, 5) is 1.44. The van der Waals surface area contributed by atoms with E-state index in [1.165, 1.54) is 4.90 Å². The fraction of sp³-hybridized carbons (Fsp3) is 1.00. The Morgan fingerprint density at radius 3 is 2.06 bits per heavy atom. The maximum absolute atomic E-state index is 12.3. The molecular formula is C12H25F3N2. The highest BCUT2D eigenvalue weighted by Gasteiger charge is 2.32. The van der Waals surface area contributed by atoms with Gasteiger partial charge >= 0.3 is 6.18 Å². The van der Waals surface area contributed by atoms with E-state index < -0.39 is 12.7 Å². The predicted octanol–water partition coefficient (Wildman–Crippen LogP) is 3.04. The highest BCUT2D eigenvalue weighted by atomic mass is 19.4. The highest BCUT2D eigenvalue weighted by Crippen LogP contribution is 2.18. The zero-order valence-electron chi connectivity index (χ0n) is 11.5. The first-order chi connectivity index (χ1) is 7.61. The number of hydrogen-bond acceptors (Lipinski definition) is 2. The molecule has 0 heterocycles. The minimum absolute atomic E-state index is 0.0219. The van der Waals surface area contributed by atoms with Crippen molar-refractivity contribution in [1.82, 2.24) is 10.2 Å². The summed E-state index contributed by atoms with van der Waals surface area (Å²) in [6.07, 6.45) is -3.17. The molecule has 0 aromatic heterocycles. The molecule has 0 fully saturated rings. The van der Waals surface area contributed by atoms with Crippen molar-refractivity contribution in [2.45, 2.75) is 58.8 Å². The maximum atomic E-state index is 12.3. The van der Waals surface area contributed by atoms with E-state index in [1.807, 2.05) is 6.92 Å². The van der Waals surface area contributed by atoms with Gasteiger partial charge in [0.2, 0.25) is 0 Å². The third-order valence-corrected chi connectivity index (χ3v) is 3.17. The van der Waals surface area contributed by atoms with Gasteiger partial charge in [0.25, 0.3) is 0 Å². The van der Waals surface area contributed by atoms with Crippen LogP contribution in [0.4, 0.5) is 13.2 Å². The van der Waals surface area contributed by atoms with E-state index in [2.05, 4.69) is 26.1 Å². The second kappa shape index (κ2) is 6.59. The second-order valence-corrected chi connectivity index (χ2v) is 5.15. The van der Waals surface area contributed by atoms with Gasteiger partial charge < -0.3 is 5.32 Å². The summed E-state index contributed by atoms with van der Waals surface area (Å²) in [5.41, 5.74) is -0.0219. The molecule has 0 saturated heterocycles. The van der Waals surface area contributed by atoms with Gasteiger partial charge in [-0.25, -0.2) is 0 Å². The van der Waals surface area contributed by atoms with Gasteiger partial charge in [-0.15, -0.1) is 0 Å². The minimum Gasteiger partial charge on any atom is -0.310 e. The Morgan fingerprint density at radius 2 is 1.71 bits per heavy atom. The fourth-order valence-corrected chi connectivity index (χ4v) is 1.49. The molecule has 0 aliphatic carbocycles. The number of rotatable bonds is 7. The average molecular weight is 254 g/mol. The molecule has 0 aliphatic heterocycles. The fourth-order valence-electron chi connectivity index (χ4n) is 1.49.